The summed E-state index contributed by atoms with van der Waals surface area (Å²) in [7, 11) is 0. The first-order valence-electron chi connectivity index (χ1n) is 6.27. The predicted molar refractivity (Wildman–Crippen MR) is 77.4 cm³/mol. The molecule has 1 atom stereocenters. The quantitative estimate of drug-likeness (QED) is 0.839. The maximum atomic E-state index is 12.3. The van der Waals surface area contributed by atoms with Gasteiger partial charge >= 0.3 is 0 Å². The van der Waals surface area contributed by atoms with Gasteiger partial charge in [-0.25, -0.2) is 8.78 Å². The lowest BCUT2D eigenvalue weighted by molar-refractivity contribution is -0.142. The Hall–Kier alpha value is -0.890. The lowest BCUT2D eigenvalue weighted by Gasteiger charge is -2.22. The molecule has 0 saturated carbocycles. The minimum atomic E-state index is -2.45. The number of carbonyl (C=O) groups is 1. The fourth-order valence-electron chi connectivity index (χ4n) is 1.75. The van der Waals surface area contributed by atoms with E-state index in [0.29, 0.717) is 28.8 Å². The van der Waals surface area contributed by atoms with Gasteiger partial charge in [-0.1, -0.05) is 17.7 Å². The number of anilines is 1. The van der Waals surface area contributed by atoms with Crippen LogP contribution in [0.5, 0.6) is 0 Å². The number of alkyl halides is 2. The monoisotopic (exact) mass is 337 g/mol. The zero-order valence-corrected chi connectivity index (χ0v) is 12.6. The summed E-state index contributed by atoms with van der Waals surface area (Å²) in [4.78, 5) is 12.5. The van der Waals surface area contributed by atoms with Gasteiger partial charge in [-0.3, -0.25) is 4.79 Å². The van der Waals surface area contributed by atoms with Crippen LogP contribution in [-0.4, -0.2) is 44.0 Å². The van der Waals surface area contributed by atoms with Crippen molar-refractivity contribution in [1.82, 2.24) is 0 Å². The summed E-state index contributed by atoms with van der Waals surface area (Å²) in [6.07, 6.45) is -3.16. The summed E-state index contributed by atoms with van der Waals surface area (Å²) >= 11 is 6.91. The number of thioether (sulfide) groups is 1. The summed E-state index contributed by atoms with van der Waals surface area (Å²) in [6, 6.07) is 4.84. The van der Waals surface area contributed by atoms with E-state index >= 15 is 0 Å². The zero-order valence-electron chi connectivity index (χ0n) is 11.0. The maximum Gasteiger partial charge on any atom is 0.255 e. The Labute approximate surface area is 130 Å². The van der Waals surface area contributed by atoms with Gasteiger partial charge in [0.2, 0.25) is 6.43 Å². The van der Waals surface area contributed by atoms with Crippen LogP contribution in [0.1, 0.15) is 0 Å². The summed E-state index contributed by atoms with van der Waals surface area (Å²) in [5, 5.41) is 2.97. The molecule has 0 radical (unpaired) electrons. The summed E-state index contributed by atoms with van der Waals surface area (Å²) in [5.41, 5.74) is 0.396. The maximum absolute atomic E-state index is 12.3. The highest BCUT2D eigenvalue weighted by Gasteiger charge is 2.24. The lowest BCUT2D eigenvalue weighted by atomic mass is 10.2. The van der Waals surface area contributed by atoms with Crippen LogP contribution < -0.4 is 5.32 Å². The second-order valence-electron chi connectivity index (χ2n) is 4.24. The van der Waals surface area contributed by atoms with Crippen molar-refractivity contribution in [2.75, 3.05) is 30.9 Å². The van der Waals surface area contributed by atoms with Gasteiger partial charge in [0.15, 0.2) is 6.10 Å². The number of amides is 1. The van der Waals surface area contributed by atoms with Crippen molar-refractivity contribution in [1.29, 1.82) is 0 Å². The van der Waals surface area contributed by atoms with Crippen LogP contribution >= 0.6 is 23.4 Å². The highest BCUT2D eigenvalue weighted by atomic mass is 35.5. The van der Waals surface area contributed by atoms with Crippen LogP contribution in [0.25, 0.3) is 0 Å². The predicted octanol–water partition coefficient (Wildman–Crippen LogP) is 3.05. The van der Waals surface area contributed by atoms with Crippen LogP contribution in [0.4, 0.5) is 14.5 Å². The molecule has 21 heavy (non-hydrogen) atoms. The molecular formula is C13H14ClF2NO3S. The van der Waals surface area contributed by atoms with E-state index in [2.05, 4.69) is 5.32 Å². The number of nitrogens with one attached hydrogen (secondary N) is 1. The second kappa shape index (κ2) is 7.93. The van der Waals surface area contributed by atoms with Crippen LogP contribution in [0.2, 0.25) is 5.02 Å². The number of benzene rings is 1. The second-order valence-corrected chi connectivity index (χ2v) is 5.68. The molecule has 0 aliphatic carbocycles. The van der Waals surface area contributed by atoms with Crippen molar-refractivity contribution in [2.45, 2.75) is 17.4 Å². The topological polar surface area (TPSA) is 47.6 Å². The van der Waals surface area contributed by atoms with Crippen LogP contribution in [-0.2, 0) is 14.3 Å². The number of carbonyl (C=O) groups excluding carboxylic acids is 1. The fraction of sp³-hybridized carbons (Fsp3) is 0.462. The molecule has 4 nitrogen and oxygen atoms in total. The molecule has 1 amide bonds. The molecule has 1 aromatic carbocycles. The molecule has 1 saturated heterocycles. The van der Waals surface area contributed by atoms with E-state index < -0.39 is 18.3 Å². The Bertz CT molecular complexity index is 498. The molecule has 116 valence electrons. The molecule has 0 unspecified atom stereocenters. The van der Waals surface area contributed by atoms with E-state index in [9.17, 15) is 13.6 Å². The smallest absolute Gasteiger partial charge is 0.255 e. The first kappa shape index (κ1) is 16.5. The highest BCUT2D eigenvalue weighted by Crippen LogP contribution is 2.35. The van der Waals surface area contributed by atoms with Gasteiger partial charge in [-0.2, -0.15) is 0 Å². The van der Waals surface area contributed by atoms with Crippen LogP contribution in [0.3, 0.4) is 0 Å². The van der Waals surface area contributed by atoms with Crippen LogP contribution in [0, 0.1) is 0 Å². The van der Waals surface area contributed by atoms with E-state index in [1.54, 1.807) is 18.2 Å². The van der Waals surface area contributed by atoms with Gasteiger partial charge in [0, 0.05) is 4.90 Å². The van der Waals surface area contributed by atoms with Gasteiger partial charge in [-0.05, 0) is 12.1 Å². The molecule has 1 aliphatic heterocycles. The van der Waals surface area contributed by atoms with Crippen molar-refractivity contribution in [3.8, 4) is 0 Å². The SMILES string of the molecule is O=C(Nc1cccc(Cl)c1SCC(F)F)[C@@H]1COCCO1. The van der Waals surface area contributed by atoms with Crippen molar-refractivity contribution >= 4 is 35.0 Å². The molecule has 1 aromatic rings. The molecule has 8 heteroatoms. The van der Waals surface area contributed by atoms with E-state index in [0.717, 1.165) is 11.8 Å². The minimum absolute atomic E-state index is 0.173. The van der Waals surface area contributed by atoms with Crippen molar-refractivity contribution in [3.63, 3.8) is 0 Å². The van der Waals surface area contributed by atoms with Gasteiger partial charge in [-0.15, -0.1) is 11.8 Å². The van der Waals surface area contributed by atoms with E-state index in [-0.39, 0.29) is 12.5 Å². The molecule has 0 spiro atoms. The van der Waals surface area contributed by atoms with Crippen molar-refractivity contribution in [2.24, 2.45) is 0 Å². The third kappa shape index (κ3) is 4.81. The molecule has 2 rings (SSSR count). The minimum Gasteiger partial charge on any atom is -0.376 e. The first-order chi connectivity index (χ1) is 10.1. The van der Waals surface area contributed by atoms with Crippen LogP contribution in [0.15, 0.2) is 23.1 Å². The average molecular weight is 338 g/mol. The largest absolute Gasteiger partial charge is 0.376 e. The lowest BCUT2D eigenvalue weighted by Crippen LogP contribution is -2.39. The molecule has 1 N–H and O–H groups in total. The number of hydrogen-bond acceptors (Lipinski definition) is 4. The van der Waals surface area contributed by atoms with Crippen molar-refractivity contribution < 1.29 is 23.0 Å². The fourth-order valence-corrected chi connectivity index (χ4v) is 2.86. The van der Waals surface area contributed by atoms with Gasteiger partial charge in [0.1, 0.15) is 0 Å². The number of ether oxygens (including phenoxy) is 2. The summed E-state index contributed by atoms with van der Waals surface area (Å²) in [5.74, 6) is -0.772. The van der Waals surface area contributed by atoms with E-state index in [4.69, 9.17) is 21.1 Å². The Morgan fingerprint density at radius 2 is 2.29 bits per heavy atom. The third-order valence-electron chi connectivity index (χ3n) is 2.69. The molecule has 0 aromatic heterocycles. The number of hydrogen-bond donors (Lipinski definition) is 1. The molecule has 1 heterocycles. The third-order valence-corrected chi connectivity index (χ3v) is 4.26. The van der Waals surface area contributed by atoms with Gasteiger partial charge < -0.3 is 14.8 Å². The van der Waals surface area contributed by atoms with Gasteiger partial charge in [0.05, 0.1) is 36.3 Å². The molecule has 1 aliphatic rings. The molecule has 1 fully saturated rings. The number of rotatable bonds is 5. The average Bonchev–Trinajstić information content (AvgIpc) is 2.47. The Morgan fingerprint density at radius 1 is 1.48 bits per heavy atom. The first-order valence-corrected chi connectivity index (χ1v) is 7.64. The van der Waals surface area contributed by atoms with Gasteiger partial charge in [0.25, 0.3) is 5.91 Å². The van der Waals surface area contributed by atoms with E-state index in [1.807, 2.05) is 0 Å². The zero-order chi connectivity index (χ0) is 15.2. The Balaban J connectivity index is 2.07. The van der Waals surface area contributed by atoms with E-state index in [1.165, 1.54) is 0 Å². The summed E-state index contributed by atoms with van der Waals surface area (Å²) < 4.78 is 35.1. The number of halogens is 3. The highest BCUT2D eigenvalue weighted by molar-refractivity contribution is 7.99. The molecular weight excluding hydrogens is 324 g/mol. The summed E-state index contributed by atoms with van der Waals surface area (Å²) in [6.45, 7) is 0.975. The normalized spacial score (nSPS) is 18.8. The Kier molecular flexibility index (Phi) is 6.22. The standard InChI is InChI=1S/C13H14ClF2NO3S/c14-8-2-1-3-9(12(8)21-7-11(15)16)17-13(18)10-6-19-4-5-20-10/h1-3,10-11H,4-7H2,(H,17,18)/t10-/m0/s1. The van der Waals surface area contributed by atoms with Crippen molar-refractivity contribution in [3.05, 3.63) is 23.2 Å². The molecule has 0 bridgehead atoms. The Morgan fingerprint density at radius 3 is 2.95 bits per heavy atom.